The molecule has 2 atom stereocenters. The Morgan fingerprint density at radius 2 is 1.15 bits per heavy atom. The van der Waals surface area contributed by atoms with Gasteiger partial charge in [0.05, 0.1) is 49.7 Å². The molecule has 5 amide bonds. The second-order valence-corrected chi connectivity index (χ2v) is 24.3. The molecule has 12 N–H and O–H groups in total. The quantitative estimate of drug-likeness (QED) is 0.0364. The summed E-state index contributed by atoms with van der Waals surface area (Å²) in [5, 5.41) is 26.6. The fraction of sp³-hybridized carbons (Fsp3) is 0.403. The van der Waals surface area contributed by atoms with Crippen LogP contribution in [0.1, 0.15) is 71.9 Å². The molecule has 0 aliphatic carbocycles. The van der Waals surface area contributed by atoms with Crippen LogP contribution in [0.15, 0.2) is 112 Å². The zero-order chi connectivity index (χ0) is 66.0. The Balaban J connectivity index is 0.000000203. The van der Waals surface area contributed by atoms with Gasteiger partial charge in [0, 0.05) is 119 Å². The van der Waals surface area contributed by atoms with Gasteiger partial charge in [0.2, 0.25) is 35.4 Å². The molecule has 7 aliphatic rings. The lowest BCUT2D eigenvalue weighted by molar-refractivity contribution is -0.247. The normalized spacial score (nSPS) is 21.5. The van der Waals surface area contributed by atoms with Gasteiger partial charge >= 0.3 is 6.09 Å². The van der Waals surface area contributed by atoms with E-state index in [9.17, 15) is 24.0 Å². The predicted octanol–water partition coefficient (Wildman–Crippen LogP) is 3.71. The van der Waals surface area contributed by atoms with Gasteiger partial charge in [-0.1, -0.05) is 48.6 Å². The number of aliphatic imine (C=N–C) groups is 3. The first kappa shape index (κ1) is 66.0. The van der Waals surface area contributed by atoms with Gasteiger partial charge < -0.3 is 62.2 Å². The van der Waals surface area contributed by atoms with E-state index >= 15 is 0 Å². The lowest BCUT2D eigenvalue weighted by Crippen LogP contribution is -2.43. The summed E-state index contributed by atoms with van der Waals surface area (Å²) in [6.07, 6.45) is 11.7. The van der Waals surface area contributed by atoms with E-state index in [0.717, 1.165) is 47.1 Å². The molecule has 7 aliphatic heterocycles. The van der Waals surface area contributed by atoms with Crippen LogP contribution in [0, 0.1) is 27.1 Å². The van der Waals surface area contributed by atoms with Crippen LogP contribution in [0.5, 0.6) is 0 Å². The third kappa shape index (κ3) is 14.7. The standard InChI is InChI=1S/C34H42N8O5.C33H41N11O2/c1-38-33(45)47-31(37)25-4-2-23(3-5-25)24-8-12-40(13-9-24)29(43)21-39-14-10-34(22-39)11-15-42(32(34)44)26-6-7-28(35)27(20-26)30(36)41-16-18-46-19-17-41;1-38-21-40-30(36)25-5-3-23(4-6-25)24-9-13-42(14-10-24)29(45)18-41-15-11-33(19-41)12-16-44(32(33)46)26-7-8-28(35)27(17-26)31(37)43(20-34)22-39-2/h2-8,20,36-37H,9-19,21-22,35H2,1H3,(H,38,45);3-9,17,20-22,34H,10-16,18-19H2,1-2H3,(H5,35,36,37,38,40)/p+1/t34-;33-/m00/s1. The van der Waals surface area contributed by atoms with Crippen LogP contribution < -0.4 is 38.1 Å². The first-order valence-electron chi connectivity index (χ1n) is 31.4. The minimum atomic E-state index is -0.686. The topological polar surface area (TPSA) is 354 Å². The summed E-state index contributed by atoms with van der Waals surface area (Å²) in [5.41, 5.74) is 33.1. The van der Waals surface area contributed by atoms with Gasteiger partial charge in [-0.2, -0.15) is 10.4 Å². The van der Waals surface area contributed by atoms with Crippen LogP contribution in [0.2, 0.25) is 0 Å². The molecule has 93 heavy (non-hydrogen) atoms. The van der Waals surface area contributed by atoms with Gasteiger partial charge in [0.1, 0.15) is 18.0 Å². The van der Waals surface area contributed by atoms with Gasteiger partial charge in [-0.3, -0.25) is 44.8 Å². The summed E-state index contributed by atoms with van der Waals surface area (Å²) in [6.45, 7) is 8.97. The van der Waals surface area contributed by atoms with E-state index in [4.69, 9.17) is 48.6 Å². The van der Waals surface area contributed by atoms with Crippen molar-refractivity contribution in [2.24, 2.45) is 37.3 Å². The molecule has 0 aromatic heterocycles. The molecule has 4 aromatic rings. The van der Waals surface area contributed by atoms with E-state index in [1.165, 1.54) is 29.9 Å². The second kappa shape index (κ2) is 29.1. The molecular weight excluding hydrogens is 1180 g/mol. The SMILES string of the molecule is CN=CN=C(N)c1ccc(C2=CCN(C(=O)CN3CC[C@]4(CCN(c5ccc(N)c(C(N)=[N+](C=N)C=NC)c5)C4=O)C3)CC2)cc1.CNC(=O)OC(=N)c1ccc(C2=CCN(C(=O)CN3CC[C@]4(CCN(c5ccc(N)c(C(=N)N6CCOCC6)c5)C4=O)C3)CC2)cc1. The van der Waals surface area contributed by atoms with Gasteiger partial charge in [0.25, 0.3) is 0 Å². The molecule has 0 saturated carbocycles. The minimum absolute atomic E-state index is 0.0545. The average molecular weight is 1270 g/mol. The van der Waals surface area contributed by atoms with Crippen LogP contribution >= 0.6 is 0 Å². The number of carbonyl (C=O) groups is 5. The van der Waals surface area contributed by atoms with Crippen molar-refractivity contribution in [2.75, 3.05) is 147 Å². The van der Waals surface area contributed by atoms with Crippen molar-refractivity contribution in [1.82, 2.24) is 29.8 Å². The molecule has 4 aromatic carbocycles. The number of hydrogen-bond acceptors (Lipinski definition) is 16. The molecule has 26 nitrogen and oxygen atoms in total. The van der Waals surface area contributed by atoms with Crippen molar-refractivity contribution >= 4 is 106 Å². The maximum Gasteiger partial charge on any atom is 0.413 e. The highest BCUT2D eigenvalue weighted by molar-refractivity contribution is 6.07. The summed E-state index contributed by atoms with van der Waals surface area (Å²) in [4.78, 5) is 91.1. The second-order valence-electron chi connectivity index (χ2n) is 24.3. The maximum absolute atomic E-state index is 13.9. The number of nitrogens with zero attached hydrogens (tertiary/aromatic N) is 11. The van der Waals surface area contributed by atoms with Crippen molar-refractivity contribution in [3.8, 4) is 0 Å². The van der Waals surface area contributed by atoms with Crippen molar-refractivity contribution in [3.05, 3.63) is 130 Å². The Labute approximate surface area is 541 Å². The number of nitrogen functional groups attached to an aromatic ring is 2. The lowest BCUT2D eigenvalue weighted by atomic mass is 9.85. The molecule has 2 spiro atoms. The Hall–Kier alpha value is -9.92. The summed E-state index contributed by atoms with van der Waals surface area (Å²) in [7, 11) is 4.67. The molecule has 0 unspecified atom stereocenters. The molecule has 7 heterocycles. The Morgan fingerprint density at radius 1 is 0.656 bits per heavy atom. The number of alkyl carbamates (subject to hydrolysis) is 1. The third-order valence-electron chi connectivity index (χ3n) is 18.7. The molecule has 488 valence electrons. The van der Waals surface area contributed by atoms with Crippen molar-refractivity contribution in [1.29, 1.82) is 16.2 Å². The monoisotopic (exact) mass is 1270 g/mol. The lowest BCUT2D eigenvalue weighted by Gasteiger charge is -2.30. The van der Waals surface area contributed by atoms with Gasteiger partial charge in [0.15, 0.2) is 12.7 Å². The Bertz CT molecular complexity index is 3740. The molecule has 5 saturated heterocycles. The number of amidine groups is 3. The van der Waals surface area contributed by atoms with Crippen LogP contribution in [-0.4, -0.2) is 227 Å². The third-order valence-corrected chi connectivity index (χ3v) is 18.7. The number of morpholine rings is 1. The molecule has 5 fully saturated rings. The smallest absolute Gasteiger partial charge is 0.398 e. The first-order valence-corrected chi connectivity index (χ1v) is 31.4. The Kier molecular flexibility index (Phi) is 20.7. The highest BCUT2D eigenvalue weighted by Gasteiger charge is 2.53. The zero-order valence-electron chi connectivity index (χ0n) is 53.1. The number of hydrogen-bond donors (Lipinski definition) is 8. The number of ether oxygens (including phenoxy) is 2. The average Bonchev–Trinajstić information content (AvgIpc) is 1.62. The number of amides is 5. The molecule has 26 heteroatoms. The van der Waals surface area contributed by atoms with Crippen molar-refractivity contribution < 1.29 is 38.0 Å². The van der Waals surface area contributed by atoms with Crippen LogP contribution in [0.25, 0.3) is 11.1 Å². The number of nitrogens with one attached hydrogen (secondary N) is 4. The van der Waals surface area contributed by atoms with Gasteiger partial charge in [-0.25, -0.2) is 14.4 Å². The van der Waals surface area contributed by atoms with Crippen molar-refractivity contribution in [2.45, 2.75) is 38.5 Å². The number of benzene rings is 4. The minimum Gasteiger partial charge on any atom is -0.398 e. The van der Waals surface area contributed by atoms with E-state index in [2.05, 4.69) is 42.2 Å². The Morgan fingerprint density at radius 3 is 1.62 bits per heavy atom. The highest BCUT2D eigenvalue weighted by atomic mass is 16.6. The maximum atomic E-state index is 13.9. The van der Waals surface area contributed by atoms with Crippen LogP contribution in [0.3, 0.4) is 0 Å². The van der Waals surface area contributed by atoms with E-state index in [0.29, 0.717) is 169 Å². The number of rotatable bonds is 15. The number of nitrogens with two attached hydrogens (primary N) is 4. The fourth-order valence-corrected chi connectivity index (χ4v) is 13.3. The summed E-state index contributed by atoms with van der Waals surface area (Å²) in [5.74, 6) is 1.05. The van der Waals surface area contributed by atoms with E-state index in [1.54, 1.807) is 49.3 Å². The number of likely N-dealkylation sites (tertiary alicyclic amines) is 2. The van der Waals surface area contributed by atoms with Crippen LogP contribution in [-0.2, 0) is 28.7 Å². The fourth-order valence-electron chi connectivity index (χ4n) is 13.3. The van der Waals surface area contributed by atoms with E-state index < -0.39 is 16.9 Å². The molecule has 0 bridgehead atoms. The summed E-state index contributed by atoms with van der Waals surface area (Å²) in [6, 6.07) is 26.1. The molecule has 11 rings (SSSR count). The highest BCUT2D eigenvalue weighted by Crippen LogP contribution is 2.44. The van der Waals surface area contributed by atoms with Crippen LogP contribution in [0.4, 0.5) is 27.5 Å². The first-order chi connectivity index (χ1) is 44.9. The zero-order valence-corrected chi connectivity index (χ0v) is 53.1. The number of anilines is 4. The summed E-state index contributed by atoms with van der Waals surface area (Å²) < 4.78 is 11.7. The molecule has 0 radical (unpaired) electrons. The summed E-state index contributed by atoms with van der Waals surface area (Å²) >= 11 is 0. The van der Waals surface area contributed by atoms with Gasteiger partial charge in [-0.15, -0.1) is 0 Å². The molecular formula is C67H84N19O7+. The largest absolute Gasteiger partial charge is 0.413 e. The van der Waals surface area contributed by atoms with Crippen molar-refractivity contribution in [3.63, 3.8) is 0 Å². The number of carbonyl (C=O) groups excluding carboxylic acids is 5. The van der Waals surface area contributed by atoms with E-state index in [-0.39, 0.29) is 41.9 Å². The van der Waals surface area contributed by atoms with Gasteiger partial charge in [-0.05, 0) is 122 Å². The van der Waals surface area contributed by atoms with E-state index in [1.807, 2.05) is 74.2 Å². The predicted molar refractivity (Wildman–Crippen MR) is 362 cm³/mol.